The Morgan fingerprint density at radius 2 is 1.87 bits per heavy atom. The molecule has 15 heavy (non-hydrogen) atoms. The summed E-state index contributed by atoms with van der Waals surface area (Å²) in [4.78, 5) is 2.63. The van der Waals surface area contributed by atoms with E-state index < -0.39 is 0 Å². The van der Waals surface area contributed by atoms with Crippen molar-refractivity contribution in [2.75, 3.05) is 26.3 Å². The quantitative estimate of drug-likeness (QED) is 0.765. The molecular weight excluding hydrogens is 188 g/mol. The maximum absolute atomic E-state index is 5.72. The second-order valence-electron chi connectivity index (χ2n) is 4.84. The molecule has 1 unspecified atom stereocenters. The monoisotopic (exact) mass is 212 g/mol. The molecular formula is C12H24N2O. The van der Waals surface area contributed by atoms with E-state index in [2.05, 4.69) is 4.90 Å². The molecule has 0 aromatic carbocycles. The maximum Gasteiger partial charge on any atom is 0.0622 e. The Balaban J connectivity index is 1.90. The summed E-state index contributed by atoms with van der Waals surface area (Å²) in [5, 5.41) is 0. The molecule has 0 aromatic rings. The molecule has 1 aliphatic heterocycles. The largest absolute Gasteiger partial charge is 0.380 e. The van der Waals surface area contributed by atoms with Gasteiger partial charge in [-0.25, -0.2) is 0 Å². The van der Waals surface area contributed by atoms with Crippen LogP contribution in [0.1, 0.15) is 38.5 Å². The molecule has 0 bridgehead atoms. The lowest BCUT2D eigenvalue weighted by molar-refractivity contribution is 0.0908. The molecule has 2 N–H and O–H groups in total. The summed E-state index contributed by atoms with van der Waals surface area (Å²) < 4.78 is 5.49. The minimum absolute atomic E-state index is 0.650. The van der Waals surface area contributed by atoms with Gasteiger partial charge in [-0.05, 0) is 19.3 Å². The van der Waals surface area contributed by atoms with Crippen LogP contribution in [0, 0.1) is 0 Å². The molecule has 2 rings (SSSR count). The summed E-state index contributed by atoms with van der Waals surface area (Å²) >= 11 is 0. The minimum Gasteiger partial charge on any atom is -0.380 e. The van der Waals surface area contributed by atoms with Gasteiger partial charge in [0.05, 0.1) is 6.61 Å². The minimum atomic E-state index is 0.650. The van der Waals surface area contributed by atoms with Crippen molar-refractivity contribution >= 4 is 0 Å². The molecule has 88 valence electrons. The molecule has 0 aromatic heterocycles. The van der Waals surface area contributed by atoms with Crippen LogP contribution in [-0.2, 0) is 4.74 Å². The van der Waals surface area contributed by atoms with Crippen molar-refractivity contribution in [1.29, 1.82) is 0 Å². The van der Waals surface area contributed by atoms with Gasteiger partial charge in [0.2, 0.25) is 0 Å². The van der Waals surface area contributed by atoms with Crippen LogP contribution in [0.15, 0.2) is 0 Å². The highest BCUT2D eigenvalue weighted by Gasteiger charge is 2.29. The Bertz CT molecular complexity index is 174. The normalized spacial score (nSPS) is 28.8. The van der Waals surface area contributed by atoms with Gasteiger partial charge >= 0.3 is 0 Å². The number of hydrogen-bond acceptors (Lipinski definition) is 3. The molecule has 2 fully saturated rings. The fourth-order valence-electron chi connectivity index (χ4n) is 3.01. The van der Waals surface area contributed by atoms with Crippen LogP contribution in [-0.4, -0.2) is 43.3 Å². The van der Waals surface area contributed by atoms with E-state index in [9.17, 15) is 0 Å². The fraction of sp³-hybridized carbons (Fsp3) is 1.00. The lowest BCUT2D eigenvalue weighted by Gasteiger charge is -2.37. The van der Waals surface area contributed by atoms with Crippen LogP contribution in [0.3, 0.4) is 0 Å². The standard InChI is InChI=1S/C12H24N2O/c13-7-8-14(12-6-9-15-10-12)11-4-2-1-3-5-11/h11-12H,1-10,13H2. The van der Waals surface area contributed by atoms with Crippen LogP contribution in [0.2, 0.25) is 0 Å². The molecule has 2 aliphatic rings. The van der Waals surface area contributed by atoms with Gasteiger partial charge in [-0.2, -0.15) is 0 Å². The number of nitrogens with two attached hydrogens (primary N) is 1. The van der Waals surface area contributed by atoms with E-state index in [1.165, 1.54) is 38.5 Å². The van der Waals surface area contributed by atoms with E-state index in [4.69, 9.17) is 10.5 Å². The summed E-state index contributed by atoms with van der Waals surface area (Å²) in [7, 11) is 0. The van der Waals surface area contributed by atoms with Gasteiger partial charge in [-0.1, -0.05) is 19.3 Å². The molecule has 0 radical (unpaired) electrons. The van der Waals surface area contributed by atoms with E-state index in [1.54, 1.807) is 0 Å². The van der Waals surface area contributed by atoms with Gasteiger partial charge in [0.15, 0.2) is 0 Å². The highest BCUT2D eigenvalue weighted by atomic mass is 16.5. The SMILES string of the molecule is NCCN(C1CCCCC1)C1CCOC1. The van der Waals surface area contributed by atoms with Crippen molar-refractivity contribution in [2.45, 2.75) is 50.6 Å². The second kappa shape index (κ2) is 5.83. The maximum atomic E-state index is 5.72. The third kappa shape index (κ3) is 2.92. The smallest absolute Gasteiger partial charge is 0.0622 e. The zero-order chi connectivity index (χ0) is 10.5. The first-order valence-corrected chi connectivity index (χ1v) is 6.45. The lowest BCUT2D eigenvalue weighted by Crippen LogP contribution is -2.46. The third-order valence-electron chi connectivity index (χ3n) is 3.81. The molecule has 1 aliphatic carbocycles. The van der Waals surface area contributed by atoms with Crippen LogP contribution in [0.25, 0.3) is 0 Å². The lowest BCUT2D eigenvalue weighted by atomic mass is 9.93. The first-order valence-electron chi connectivity index (χ1n) is 6.45. The van der Waals surface area contributed by atoms with Crippen molar-refractivity contribution < 1.29 is 4.74 Å². The van der Waals surface area contributed by atoms with Gasteiger partial charge in [-0.3, -0.25) is 4.90 Å². The first-order chi connectivity index (χ1) is 7.42. The van der Waals surface area contributed by atoms with Crippen molar-refractivity contribution in [3.63, 3.8) is 0 Å². The first kappa shape index (κ1) is 11.4. The Morgan fingerprint density at radius 1 is 1.07 bits per heavy atom. The number of ether oxygens (including phenoxy) is 1. The molecule has 3 heteroatoms. The highest BCUT2D eigenvalue weighted by Crippen LogP contribution is 2.26. The molecule has 1 atom stereocenters. The van der Waals surface area contributed by atoms with E-state index in [0.29, 0.717) is 6.04 Å². The van der Waals surface area contributed by atoms with Crippen molar-refractivity contribution in [3.8, 4) is 0 Å². The zero-order valence-corrected chi connectivity index (χ0v) is 9.66. The van der Waals surface area contributed by atoms with Gasteiger partial charge in [0, 0.05) is 31.8 Å². The number of nitrogens with zero attached hydrogens (tertiary/aromatic N) is 1. The van der Waals surface area contributed by atoms with Crippen LogP contribution < -0.4 is 5.73 Å². The Labute approximate surface area is 93.0 Å². The summed E-state index contributed by atoms with van der Waals surface area (Å²) in [6.45, 7) is 3.71. The topological polar surface area (TPSA) is 38.5 Å². The zero-order valence-electron chi connectivity index (χ0n) is 9.66. The Hall–Kier alpha value is -0.120. The Morgan fingerprint density at radius 3 is 2.47 bits per heavy atom. The summed E-state index contributed by atoms with van der Waals surface area (Å²) in [5.41, 5.74) is 5.72. The predicted octanol–water partition coefficient (Wildman–Crippen LogP) is 1.37. The molecule has 0 amide bonds. The van der Waals surface area contributed by atoms with Crippen LogP contribution in [0.4, 0.5) is 0 Å². The van der Waals surface area contributed by atoms with Crippen molar-refractivity contribution in [3.05, 3.63) is 0 Å². The van der Waals surface area contributed by atoms with E-state index >= 15 is 0 Å². The van der Waals surface area contributed by atoms with Gasteiger partial charge in [0.1, 0.15) is 0 Å². The summed E-state index contributed by atoms with van der Waals surface area (Å²) in [6.07, 6.45) is 8.18. The van der Waals surface area contributed by atoms with Crippen LogP contribution in [0.5, 0.6) is 0 Å². The summed E-state index contributed by atoms with van der Waals surface area (Å²) in [6, 6.07) is 1.44. The Kier molecular flexibility index (Phi) is 4.42. The highest BCUT2D eigenvalue weighted by molar-refractivity contribution is 4.83. The number of rotatable bonds is 4. The van der Waals surface area contributed by atoms with E-state index in [-0.39, 0.29) is 0 Å². The molecule has 1 saturated carbocycles. The van der Waals surface area contributed by atoms with Crippen LogP contribution >= 0.6 is 0 Å². The fourth-order valence-corrected chi connectivity index (χ4v) is 3.01. The molecule has 1 heterocycles. The second-order valence-corrected chi connectivity index (χ2v) is 4.84. The van der Waals surface area contributed by atoms with Crippen molar-refractivity contribution in [2.24, 2.45) is 5.73 Å². The predicted molar refractivity (Wildman–Crippen MR) is 61.9 cm³/mol. The molecule has 1 saturated heterocycles. The van der Waals surface area contributed by atoms with Crippen molar-refractivity contribution in [1.82, 2.24) is 4.90 Å². The van der Waals surface area contributed by atoms with E-state index in [0.717, 1.165) is 32.3 Å². The number of hydrogen-bond donors (Lipinski definition) is 1. The molecule has 0 spiro atoms. The average molecular weight is 212 g/mol. The van der Waals surface area contributed by atoms with Gasteiger partial charge in [-0.15, -0.1) is 0 Å². The van der Waals surface area contributed by atoms with E-state index in [1.807, 2.05) is 0 Å². The average Bonchev–Trinajstić information content (AvgIpc) is 2.80. The summed E-state index contributed by atoms with van der Waals surface area (Å²) in [5.74, 6) is 0. The van der Waals surface area contributed by atoms with Gasteiger partial charge in [0.25, 0.3) is 0 Å². The molecule has 3 nitrogen and oxygen atoms in total. The van der Waals surface area contributed by atoms with Gasteiger partial charge < -0.3 is 10.5 Å². The third-order valence-corrected chi connectivity index (χ3v) is 3.81.